The molecule has 0 radical (unpaired) electrons. The molecule has 0 aliphatic heterocycles. The third-order valence-electron chi connectivity index (χ3n) is 2.56. The molecule has 0 unspecified atom stereocenters. The molecule has 0 fully saturated rings. The van der Waals surface area contributed by atoms with Gasteiger partial charge in [-0.15, -0.1) is 0 Å². The number of anilines is 1. The van der Waals surface area contributed by atoms with Crippen LogP contribution in [-0.2, 0) is 0 Å². The van der Waals surface area contributed by atoms with Crippen molar-refractivity contribution in [1.29, 1.82) is 0 Å². The number of nitrogens with one attached hydrogen (secondary N) is 1. The highest BCUT2D eigenvalue weighted by atomic mass is 32.1. The van der Waals surface area contributed by atoms with Crippen molar-refractivity contribution in [3.8, 4) is 0 Å². The van der Waals surface area contributed by atoms with Crippen LogP contribution in [0.25, 0.3) is 10.9 Å². The van der Waals surface area contributed by atoms with E-state index in [9.17, 15) is 13.2 Å². The van der Waals surface area contributed by atoms with Gasteiger partial charge in [-0.2, -0.15) is 17.5 Å². The molecule has 0 saturated carbocycles. The Kier molecular flexibility index (Phi) is 4.06. The Balaban J connectivity index is 1.80. The molecule has 1 aromatic carbocycles. The number of hydrogen-bond acceptors (Lipinski definition) is 3. The van der Waals surface area contributed by atoms with Crippen molar-refractivity contribution in [2.45, 2.75) is 25.4 Å². The second-order valence-corrected chi connectivity index (χ2v) is 4.80. The fourth-order valence-corrected chi connectivity index (χ4v) is 2.46. The minimum Gasteiger partial charge on any atom is -0.375 e. The summed E-state index contributed by atoms with van der Waals surface area (Å²) in [5.41, 5.74) is 0.917. The van der Waals surface area contributed by atoms with E-state index in [1.807, 2.05) is 24.3 Å². The molecule has 1 N–H and O–H groups in total. The van der Waals surface area contributed by atoms with Crippen molar-refractivity contribution >= 4 is 27.4 Å². The van der Waals surface area contributed by atoms with Crippen molar-refractivity contribution in [2.24, 2.45) is 0 Å². The molecular weight excluding hydrogens is 261 g/mol. The molecule has 18 heavy (non-hydrogen) atoms. The van der Waals surface area contributed by atoms with Gasteiger partial charge in [0.15, 0.2) is 0 Å². The van der Waals surface area contributed by atoms with E-state index >= 15 is 0 Å². The van der Waals surface area contributed by atoms with Gasteiger partial charge >= 0.3 is 6.18 Å². The highest BCUT2D eigenvalue weighted by Crippen LogP contribution is 2.27. The number of nitrogens with zero attached hydrogens (tertiary/aromatic N) is 1. The molecule has 0 amide bonds. The van der Waals surface area contributed by atoms with Crippen LogP contribution in [0.5, 0.6) is 0 Å². The Hall–Kier alpha value is -1.30. The van der Waals surface area contributed by atoms with Gasteiger partial charge in [0.2, 0.25) is 0 Å². The predicted molar refractivity (Wildman–Crippen MR) is 68.0 cm³/mol. The number of unbranched alkanes of at least 4 members (excludes halogenated alkanes) is 1. The number of hydrogen-bond donors (Lipinski definition) is 1. The van der Waals surface area contributed by atoms with E-state index in [0.29, 0.717) is 13.0 Å². The van der Waals surface area contributed by atoms with Gasteiger partial charge in [0, 0.05) is 18.4 Å². The molecule has 1 aromatic heterocycles. The molecule has 98 valence electrons. The lowest BCUT2D eigenvalue weighted by Crippen LogP contribution is -2.08. The molecule has 0 aliphatic carbocycles. The van der Waals surface area contributed by atoms with Crippen LogP contribution in [0.15, 0.2) is 24.3 Å². The largest absolute Gasteiger partial charge is 0.389 e. The number of halogens is 3. The first-order valence-corrected chi connectivity index (χ1v) is 6.49. The summed E-state index contributed by atoms with van der Waals surface area (Å²) in [5.74, 6) is 0. The van der Waals surface area contributed by atoms with Crippen LogP contribution >= 0.6 is 11.5 Å². The summed E-state index contributed by atoms with van der Waals surface area (Å²) < 4.78 is 40.1. The van der Waals surface area contributed by atoms with Gasteiger partial charge in [0.25, 0.3) is 0 Å². The van der Waals surface area contributed by atoms with Crippen molar-refractivity contribution in [2.75, 3.05) is 11.9 Å². The minimum absolute atomic E-state index is 0.160. The van der Waals surface area contributed by atoms with Crippen molar-refractivity contribution in [3.63, 3.8) is 0 Å². The zero-order valence-corrected chi connectivity index (χ0v) is 10.4. The minimum atomic E-state index is -4.04. The van der Waals surface area contributed by atoms with Crippen LogP contribution in [0, 0.1) is 0 Å². The Morgan fingerprint density at radius 2 is 1.94 bits per heavy atom. The second kappa shape index (κ2) is 5.56. The fourth-order valence-electron chi connectivity index (χ4n) is 1.67. The molecule has 0 atom stereocenters. The van der Waals surface area contributed by atoms with Crippen LogP contribution < -0.4 is 5.32 Å². The summed E-state index contributed by atoms with van der Waals surface area (Å²) >= 11 is 1.34. The van der Waals surface area contributed by atoms with E-state index in [4.69, 9.17) is 0 Å². The summed E-state index contributed by atoms with van der Waals surface area (Å²) in [4.78, 5) is 0. The van der Waals surface area contributed by atoms with Crippen molar-refractivity contribution in [3.05, 3.63) is 24.3 Å². The third-order valence-corrected chi connectivity index (χ3v) is 3.39. The highest BCUT2D eigenvalue weighted by Gasteiger charge is 2.25. The van der Waals surface area contributed by atoms with Gasteiger partial charge in [0.1, 0.15) is 5.00 Å². The average Bonchev–Trinajstić information content (AvgIpc) is 2.71. The van der Waals surface area contributed by atoms with Gasteiger partial charge < -0.3 is 5.32 Å². The van der Waals surface area contributed by atoms with Crippen LogP contribution in [0.4, 0.5) is 18.2 Å². The van der Waals surface area contributed by atoms with Crippen LogP contribution in [-0.4, -0.2) is 17.1 Å². The maximum absolute atomic E-state index is 11.9. The van der Waals surface area contributed by atoms with E-state index in [1.54, 1.807) is 0 Å². The molecule has 0 bridgehead atoms. The number of rotatable bonds is 5. The van der Waals surface area contributed by atoms with Gasteiger partial charge in [-0.25, -0.2) is 0 Å². The van der Waals surface area contributed by atoms with Crippen LogP contribution in [0.1, 0.15) is 19.3 Å². The normalized spacial score (nSPS) is 11.9. The Morgan fingerprint density at radius 3 is 2.72 bits per heavy atom. The molecular formula is C12H13F3N2S. The predicted octanol–water partition coefficient (Wildman–Crippen LogP) is 4.44. The first kappa shape index (κ1) is 13.1. The zero-order chi connectivity index (χ0) is 13.0. The van der Waals surface area contributed by atoms with E-state index in [2.05, 4.69) is 9.69 Å². The lowest BCUT2D eigenvalue weighted by molar-refractivity contribution is -0.135. The molecule has 1 heterocycles. The Bertz CT molecular complexity index is 507. The molecule has 0 spiro atoms. The third kappa shape index (κ3) is 3.60. The molecule has 2 aromatic rings. The fraction of sp³-hybridized carbons (Fsp3) is 0.417. The maximum Gasteiger partial charge on any atom is 0.389 e. The topological polar surface area (TPSA) is 24.9 Å². The van der Waals surface area contributed by atoms with Gasteiger partial charge in [-0.1, -0.05) is 12.1 Å². The van der Waals surface area contributed by atoms with E-state index in [1.165, 1.54) is 11.5 Å². The number of alkyl halides is 3. The summed E-state index contributed by atoms with van der Waals surface area (Å²) in [6.45, 7) is 0.544. The second-order valence-electron chi connectivity index (χ2n) is 4.03. The quantitative estimate of drug-likeness (QED) is 0.815. The molecule has 0 saturated heterocycles. The van der Waals surface area contributed by atoms with Gasteiger partial charge in [-0.3, -0.25) is 0 Å². The van der Waals surface area contributed by atoms with Gasteiger partial charge in [0.05, 0.1) is 5.52 Å². The van der Waals surface area contributed by atoms with E-state index in [0.717, 1.165) is 15.9 Å². The number of aromatic nitrogens is 1. The number of fused-ring (bicyclic) bond motifs is 1. The van der Waals surface area contributed by atoms with Gasteiger partial charge in [-0.05, 0) is 36.5 Å². The maximum atomic E-state index is 11.9. The Morgan fingerprint density at radius 1 is 1.17 bits per heavy atom. The SMILES string of the molecule is FC(F)(F)CCCCNc1snc2ccccc12. The van der Waals surface area contributed by atoms with Crippen molar-refractivity contribution in [1.82, 2.24) is 4.37 Å². The summed E-state index contributed by atoms with van der Waals surface area (Å²) in [6, 6.07) is 7.71. The summed E-state index contributed by atoms with van der Waals surface area (Å²) in [5, 5.41) is 5.10. The van der Waals surface area contributed by atoms with Crippen LogP contribution in [0.2, 0.25) is 0 Å². The average molecular weight is 274 g/mol. The Labute approximate surface area is 107 Å². The standard InChI is InChI=1S/C12H13F3N2S/c13-12(14,15)7-3-4-8-16-11-9-5-1-2-6-10(9)17-18-11/h1-2,5-6,16H,3-4,7-8H2. The number of benzene rings is 1. The van der Waals surface area contributed by atoms with E-state index in [-0.39, 0.29) is 6.42 Å². The monoisotopic (exact) mass is 274 g/mol. The summed E-state index contributed by atoms with van der Waals surface area (Å²) in [6.07, 6.45) is -4.09. The van der Waals surface area contributed by atoms with Crippen LogP contribution in [0.3, 0.4) is 0 Å². The zero-order valence-electron chi connectivity index (χ0n) is 9.63. The lowest BCUT2D eigenvalue weighted by Gasteiger charge is -2.06. The van der Waals surface area contributed by atoms with E-state index < -0.39 is 12.6 Å². The van der Waals surface area contributed by atoms with Crippen molar-refractivity contribution < 1.29 is 13.2 Å². The molecule has 2 rings (SSSR count). The first-order valence-electron chi connectivity index (χ1n) is 5.71. The molecule has 2 nitrogen and oxygen atoms in total. The highest BCUT2D eigenvalue weighted by molar-refractivity contribution is 7.11. The summed E-state index contributed by atoms with van der Waals surface area (Å²) in [7, 11) is 0. The lowest BCUT2D eigenvalue weighted by atomic mass is 10.2. The smallest absolute Gasteiger partial charge is 0.375 e. The molecule has 6 heteroatoms. The first-order chi connectivity index (χ1) is 8.56. The molecule has 0 aliphatic rings.